The van der Waals surface area contributed by atoms with Crippen molar-refractivity contribution in [1.82, 2.24) is 20.0 Å². The summed E-state index contributed by atoms with van der Waals surface area (Å²) in [5, 5.41) is 20.6. The van der Waals surface area contributed by atoms with Gasteiger partial charge in [0, 0.05) is 74.0 Å². The van der Waals surface area contributed by atoms with Gasteiger partial charge in [-0.25, -0.2) is 13.2 Å². The number of hydrogen-bond donors (Lipinski definition) is 3. The Morgan fingerprint density at radius 2 is 1.86 bits per heavy atom. The van der Waals surface area contributed by atoms with Crippen LogP contribution in [0.15, 0.2) is 48.2 Å². The third-order valence-electron chi connectivity index (χ3n) is 8.23. The van der Waals surface area contributed by atoms with E-state index in [1.807, 2.05) is 25.7 Å². The van der Waals surface area contributed by atoms with Crippen LogP contribution < -0.4 is 5.32 Å². The number of nitrogens with zero attached hydrogens (tertiary/aromatic N) is 3. The van der Waals surface area contributed by atoms with E-state index in [4.69, 9.17) is 10.8 Å². The molecule has 2 aromatic rings. The van der Waals surface area contributed by atoms with Gasteiger partial charge in [0.15, 0.2) is 0 Å². The topological polar surface area (TPSA) is 104 Å². The highest BCUT2D eigenvalue weighted by molar-refractivity contribution is 6.12. The number of fused-ring (bicyclic) bond motifs is 1. The molecule has 2 saturated heterocycles. The van der Waals surface area contributed by atoms with Crippen molar-refractivity contribution in [2.75, 3.05) is 32.7 Å². The number of rotatable bonds is 7. The molecule has 3 aliphatic rings. The summed E-state index contributed by atoms with van der Waals surface area (Å²) in [7, 11) is 0. The lowest BCUT2D eigenvalue weighted by Crippen LogP contribution is -2.60. The van der Waals surface area contributed by atoms with E-state index in [2.05, 4.69) is 5.32 Å². The van der Waals surface area contributed by atoms with Crippen molar-refractivity contribution in [2.24, 2.45) is 5.41 Å². The summed E-state index contributed by atoms with van der Waals surface area (Å²) in [4.78, 5) is 32.0. The number of likely N-dealkylation sites (tertiary alicyclic amines) is 1. The maximum Gasteiger partial charge on any atom is 0.254 e. The molecule has 0 aromatic heterocycles. The van der Waals surface area contributed by atoms with Crippen molar-refractivity contribution in [3.8, 4) is 0 Å². The Hall–Kier alpha value is -3.83. The van der Waals surface area contributed by atoms with Crippen LogP contribution >= 0.6 is 0 Å². The minimum Gasteiger partial charge on any atom is -0.333 e. The van der Waals surface area contributed by atoms with E-state index in [1.54, 1.807) is 4.90 Å². The standard InChI is InChI=1S/C31H35F3N6O2/c1-18-13-38(24(12-37-18)15-39-14-20-8-21(32)6-7-25(20)30(39)42)16-28(41)40-17-31(2,3)29(36)27(40)11-23(35)9-19-4-5-22(33)10-26(19)34/h4-8,10-11,18,24,35-37H,9,12-17H2,1-3H3/b27-11+,35-23?,36-29?/t18-,24-/m1/s1. The van der Waals surface area contributed by atoms with Crippen LogP contribution in [0.25, 0.3) is 0 Å². The lowest BCUT2D eigenvalue weighted by atomic mass is 9.89. The SMILES string of the molecule is C[C@@H]1CN(CC(=O)N2CC(C)(C)C(=N)/C2=C\C(=N)Cc2ccc(F)cc2F)[C@@H](CN2Cc3cc(F)ccc3C2=O)CN1. The lowest BCUT2D eigenvalue weighted by molar-refractivity contribution is -0.131. The summed E-state index contributed by atoms with van der Waals surface area (Å²) in [6, 6.07) is 7.30. The molecule has 2 amide bonds. The van der Waals surface area contributed by atoms with Crippen LogP contribution in [0.2, 0.25) is 0 Å². The van der Waals surface area contributed by atoms with Crippen LogP contribution in [-0.4, -0.2) is 82.7 Å². The van der Waals surface area contributed by atoms with Crippen LogP contribution in [0.5, 0.6) is 0 Å². The average Bonchev–Trinajstić information content (AvgIpc) is 3.34. The monoisotopic (exact) mass is 580 g/mol. The van der Waals surface area contributed by atoms with Gasteiger partial charge >= 0.3 is 0 Å². The van der Waals surface area contributed by atoms with E-state index in [0.29, 0.717) is 43.0 Å². The maximum absolute atomic E-state index is 14.2. The molecular weight excluding hydrogens is 545 g/mol. The quantitative estimate of drug-likeness (QED) is 0.434. The molecule has 0 bridgehead atoms. The van der Waals surface area contributed by atoms with E-state index in [-0.39, 0.29) is 66.2 Å². The molecule has 0 unspecified atom stereocenters. The first-order valence-electron chi connectivity index (χ1n) is 14.0. The largest absolute Gasteiger partial charge is 0.333 e. The first-order valence-corrected chi connectivity index (χ1v) is 14.0. The summed E-state index contributed by atoms with van der Waals surface area (Å²) >= 11 is 0. The summed E-state index contributed by atoms with van der Waals surface area (Å²) in [6.45, 7) is 7.82. The van der Waals surface area contributed by atoms with Crippen LogP contribution in [0, 0.1) is 33.7 Å². The molecule has 2 fully saturated rings. The molecule has 222 valence electrons. The van der Waals surface area contributed by atoms with Gasteiger partial charge in [0.1, 0.15) is 17.5 Å². The van der Waals surface area contributed by atoms with E-state index >= 15 is 0 Å². The fourth-order valence-corrected chi connectivity index (χ4v) is 5.92. The Balaban J connectivity index is 1.31. The smallest absolute Gasteiger partial charge is 0.254 e. The molecule has 42 heavy (non-hydrogen) atoms. The van der Waals surface area contributed by atoms with Crippen molar-refractivity contribution in [1.29, 1.82) is 10.8 Å². The predicted octanol–water partition coefficient (Wildman–Crippen LogP) is 3.76. The molecule has 3 aliphatic heterocycles. The van der Waals surface area contributed by atoms with Crippen molar-refractivity contribution < 1.29 is 22.8 Å². The number of piperazine rings is 1. The summed E-state index contributed by atoms with van der Waals surface area (Å²) in [6.07, 6.45) is 1.31. The van der Waals surface area contributed by atoms with Gasteiger partial charge in [-0.15, -0.1) is 0 Å². The van der Waals surface area contributed by atoms with Gasteiger partial charge in [0.2, 0.25) is 5.91 Å². The molecule has 0 radical (unpaired) electrons. The van der Waals surface area contributed by atoms with Crippen LogP contribution in [0.3, 0.4) is 0 Å². The Bertz CT molecular complexity index is 1490. The van der Waals surface area contributed by atoms with E-state index in [9.17, 15) is 22.8 Å². The zero-order valence-corrected chi connectivity index (χ0v) is 23.9. The Morgan fingerprint density at radius 3 is 2.60 bits per heavy atom. The van der Waals surface area contributed by atoms with Gasteiger partial charge in [-0.05, 0) is 48.4 Å². The van der Waals surface area contributed by atoms with Crippen LogP contribution in [0.1, 0.15) is 42.3 Å². The minimum atomic E-state index is -0.753. The Kier molecular flexibility index (Phi) is 8.08. The second-order valence-corrected chi connectivity index (χ2v) is 12.1. The summed E-state index contributed by atoms with van der Waals surface area (Å²) in [5.74, 6) is -2.25. The van der Waals surface area contributed by atoms with Crippen molar-refractivity contribution in [2.45, 2.75) is 45.8 Å². The molecule has 0 aliphatic carbocycles. The number of carbonyl (C=O) groups is 2. The number of amides is 2. The Morgan fingerprint density at radius 1 is 1.14 bits per heavy atom. The predicted molar refractivity (Wildman–Crippen MR) is 153 cm³/mol. The Labute approximate surface area is 243 Å². The van der Waals surface area contributed by atoms with E-state index < -0.39 is 17.0 Å². The number of halogens is 3. The van der Waals surface area contributed by atoms with Crippen molar-refractivity contribution >= 4 is 23.2 Å². The molecule has 2 atom stereocenters. The highest BCUT2D eigenvalue weighted by Crippen LogP contribution is 2.34. The highest BCUT2D eigenvalue weighted by atomic mass is 19.1. The van der Waals surface area contributed by atoms with Gasteiger partial charge in [0.05, 0.1) is 18.0 Å². The summed E-state index contributed by atoms with van der Waals surface area (Å²) < 4.78 is 41.3. The lowest BCUT2D eigenvalue weighted by Gasteiger charge is -2.41. The fraction of sp³-hybridized carbons (Fsp3) is 0.419. The first-order chi connectivity index (χ1) is 19.8. The van der Waals surface area contributed by atoms with Gasteiger partial charge in [0.25, 0.3) is 5.91 Å². The van der Waals surface area contributed by atoms with Gasteiger partial charge in [-0.1, -0.05) is 19.9 Å². The summed E-state index contributed by atoms with van der Waals surface area (Å²) in [5.41, 5.74) is 1.14. The molecule has 3 N–H and O–H groups in total. The van der Waals surface area contributed by atoms with E-state index in [0.717, 1.165) is 12.1 Å². The zero-order valence-electron chi connectivity index (χ0n) is 23.9. The molecule has 5 rings (SSSR count). The molecule has 0 saturated carbocycles. The van der Waals surface area contributed by atoms with E-state index in [1.165, 1.54) is 35.2 Å². The fourth-order valence-electron chi connectivity index (χ4n) is 5.92. The molecule has 2 aromatic carbocycles. The third-order valence-corrected chi connectivity index (χ3v) is 8.23. The number of allylic oxidation sites excluding steroid dienone is 2. The molecule has 11 heteroatoms. The molecule has 0 spiro atoms. The number of carbonyl (C=O) groups excluding carboxylic acids is 2. The average molecular weight is 581 g/mol. The normalized spacial score (nSPS) is 23.1. The second kappa shape index (κ2) is 11.4. The van der Waals surface area contributed by atoms with Gasteiger partial charge in [-0.3, -0.25) is 14.5 Å². The third kappa shape index (κ3) is 6.03. The molecule has 3 heterocycles. The number of benzene rings is 2. The molecule has 8 nitrogen and oxygen atoms in total. The van der Waals surface area contributed by atoms with Crippen molar-refractivity contribution in [3.63, 3.8) is 0 Å². The molecular formula is C31H35F3N6O2. The van der Waals surface area contributed by atoms with Crippen molar-refractivity contribution in [3.05, 3.63) is 82.3 Å². The van der Waals surface area contributed by atoms with Gasteiger partial charge < -0.3 is 25.9 Å². The maximum atomic E-state index is 14.2. The van der Waals surface area contributed by atoms with Crippen LogP contribution in [0.4, 0.5) is 13.2 Å². The number of nitrogens with one attached hydrogen (secondary N) is 3. The zero-order chi connectivity index (χ0) is 30.3. The minimum absolute atomic E-state index is 0.00650. The number of hydrogen-bond acceptors (Lipinski definition) is 6. The highest BCUT2D eigenvalue weighted by Gasteiger charge is 2.43. The van der Waals surface area contributed by atoms with Gasteiger partial charge in [-0.2, -0.15) is 0 Å². The second-order valence-electron chi connectivity index (χ2n) is 12.1. The van der Waals surface area contributed by atoms with Crippen LogP contribution in [-0.2, 0) is 17.8 Å². The first kappa shape index (κ1) is 29.7.